The van der Waals surface area contributed by atoms with Gasteiger partial charge in [0.15, 0.2) is 0 Å². The fraction of sp³-hybridized carbons (Fsp3) is 0.923. The van der Waals surface area contributed by atoms with Crippen LogP contribution in [0.15, 0.2) is 0 Å². The van der Waals surface area contributed by atoms with Gasteiger partial charge in [0.1, 0.15) is 0 Å². The van der Waals surface area contributed by atoms with Crippen LogP contribution in [0, 0.1) is 11.3 Å². The van der Waals surface area contributed by atoms with Gasteiger partial charge in [0.05, 0.1) is 0 Å². The lowest BCUT2D eigenvalue weighted by atomic mass is 9.73. The normalized spacial score (nSPS) is 24.5. The first-order valence-corrected chi connectivity index (χ1v) is 6.66. The lowest BCUT2D eigenvalue weighted by Crippen LogP contribution is -2.38. The van der Waals surface area contributed by atoms with E-state index in [4.69, 9.17) is 5.73 Å². The van der Waals surface area contributed by atoms with Crippen LogP contribution >= 0.6 is 12.4 Å². The van der Waals surface area contributed by atoms with Gasteiger partial charge in [0.2, 0.25) is 5.91 Å². The van der Waals surface area contributed by atoms with Gasteiger partial charge in [-0.3, -0.25) is 4.79 Å². The molecule has 1 unspecified atom stereocenters. The summed E-state index contributed by atoms with van der Waals surface area (Å²) in [7, 11) is 0. The van der Waals surface area contributed by atoms with E-state index in [9.17, 15) is 4.79 Å². The van der Waals surface area contributed by atoms with E-state index in [-0.39, 0.29) is 24.2 Å². The van der Waals surface area contributed by atoms with Crippen LogP contribution in [0.1, 0.15) is 45.4 Å². The van der Waals surface area contributed by atoms with Crippen LogP contribution < -0.4 is 5.73 Å². The van der Waals surface area contributed by atoms with E-state index in [0.29, 0.717) is 12.0 Å². The second kappa shape index (κ2) is 6.05. The number of rotatable bonds is 2. The molecule has 0 aromatic rings. The van der Waals surface area contributed by atoms with Crippen LogP contribution in [0.5, 0.6) is 0 Å². The van der Waals surface area contributed by atoms with Gasteiger partial charge in [-0.05, 0) is 24.7 Å². The van der Waals surface area contributed by atoms with E-state index >= 15 is 0 Å². The number of carbonyl (C=O) groups excluding carboxylic acids is 1. The second-order valence-corrected chi connectivity index (χ2v) is 5.71. The van der Waals surface area contributed by atoms with E-state index in [0.717, 1.165) is 13.1 Å². The summed E-state index contributed by atoms with van der Waals surface area (Å²) in [6.45, 7) is 4.37. The molecule has 100 valence electrons. The lowest BCUT2D eigenvalue weighted by molar-refractivity contribution is -0.134. The summed E-state index contributed by atoms with van der Waals surface area (Å²) in [4.78, 5) is 14.1. The smallest absolute Gasteiger partial charge is 0.226 e. The molecule has 1 aliphatic carbocycles. The van der Waals surface area contributed by atoms with Crippen LogP contribution in [-0.4, -0.2) is 30.4 Å². The number of nitrogens with zero attached hydrogens (tertiary/aromatic N) is 1. The van der Waals surface area contributed by atoms with E-state index in [1.807, 2.05) is 6.92 Å². The summed E-state index contributed by atoms with van der Waals surface area (Å²) in [6, 6.07) is 0. The minimum Gasteiger partial charge on any atom is -0.342 e. The van der Waals surface area contributed by atoms with Crippen molar-refractivity contribution in [1.29, 1.82) is 0 Å². The first kappa shape index (κ1) is 14.8. The van der Waals surface area contributed by atoms with Crippen molar-refractivity contribution >= 4 is 18.3 Å². The van der Waals surface area contributed by atoms with Crippen molar-refractivity contribution in [3.8, 4) is 0 Å². The molecule has 3 nitrogen and oxygen atoms in total. The molecule has 1 atom stereocenters. The Morgan fingerprint density at radius 3 is 2.53 bits per heavy atom. The average molecular weight is 261 g/mol. The quantitative estimate of drug-likeness (QED) is 0.827. The Bertz CT molecular complexity index is 264. The van der Waals surface area contributed by atoms with Crippen molar-refractivity contribution < 1.29 is 4.79 Å². The molecule has 0 aromatic carbocycles. The zero-order valence-electron chi connectivity index (χ0n) is 10.8. The Labute approximate surface area is 111 Å². The molecule has 2 N–H and O–H groups in total. The van der Waals surface area contributed by atoms with Gasteiger partial charge in [0.25, 0.3) is 0 Å². The molecule has 2 aliphatic rings. The molecule has 0 aromatic heterocycles. The molecule has 17 heavy (non-hydrogen) atoms. The highest BCUT2D eigenvalue weighted by Crippen LogP contribution is 2.43. The first-order chi connectivity index (χ1) is 7.67. The standard InChI is InChI=1S/C13H24N2O.ClH/c1-11(9-14)12(16)15-8-7-13(10-15)5-3-2-4-6-13;/h11H,2-10,14H2,1H3;1H. The van der Waals surface area contributed by atoms with Crippen molar-refractivity contribution in [3.05, 3.63) is 0 Å². The summed E-state index contributed by atoms with van der Waals surface area (Å²) >= 11 is 0. The molecule has 1 saturated carbocycles. The molecule has 4 heteroatoms. The van der Waals surface area contributed by atoms with Gasteiger partial charge in [0, 0.05) is 25.6 Å². The monoisotopic (exact) mass is 260 g/mol. The highest BCUT2D eigenvalue weighted by molar-refractivity contribution is 5.85. The summed E-state index contributed by atoms with van der Waals surface area (Å²) in [5.41, 5.74) is 6.04. The Morgan fingerprint density at radius 1 is 1.29 bits per heavy atom. The molecule has 1 spiro atoms. The number of halogens is 1. The summed E-state index contributed by atoms with van der Waals surface area (Å²) in [5, 5.41) is 0. The fourth-order valence-electron chi connectivity index (χ4n) is 3.25. The molecule has 2 fully saturated rings. The third-order valence-electron chi connectivity index (χ3n) is 4.44. The van der Waals surface area contributed by atoms with Gasteiger partial charge >= 0.3 is 0 Å². The Balaban J connectivity index is 0.00000144. The van der Waals surface area contributed by atoms with Crippen molar-refractivity contribution in [1.82, 2.24) is 4.90 Å². The number of nitrogens with two attached hydrogens (primary N) is 1. The molecule has 1 saturated heterocycles. The highest BCUT2D eigenvalue weighted by atomic mass is 35.5. The molecular formula is C13H25ClN2O. The average Bonchev–Trinajstić information content (AvgIpc) is 2.72. The molecule has 0 radical (unpaired) electrons. The van der Waals surface area contributed by atoms with E-state index in [1.165, 1.54) is 38.5 Å². The Morgan fingerprint density at radius 2 is 1.94 bits per heavy atom. The Kier molecular flexibility index (Phi) is 5.26. The summed E-state index contributed by atoms with van der Waals surface area (Å²) in [5.74, 6) is 0.267. The first-order valence-electron chi connectivity index (χ1n) is 6.66. The number of carbonyl (C=O) groups is 1. The van der Waals surface area contributed by atoms with Gasteiger partial charge < -0.3 is 10.6 Å². The van der Waals surface area contributed by atoms with Crippen LogP contribution in [0.2, 0.25) is 0 Å². The third kappa shape index (κ3) is 3.14. The largest absolute Gasteiger partial charge is 0.342 e. The maximum Gasteiger partial charge on any atom is 0.226 e. The molecule has 1 aliphatic heterocycles. The van der Waals surface area contributed by atoms with Gasteiger partial charge in [-0.15, -0.1) is 12.4 Å². The van der Waals surface area contributed by atoms with Crippen LogP contribution in [0.25, 0.3) is 0 Å². The number of amides is 1. The fourth-order valence-corrected chi connectivity index (χ4v) is 3.25. The minimum absolute atomic E-state index is 0. The van der Waals surface area contributed by atoms with E-state index in [1.54, 1.807) is 0 Å². The van der Waals surface area contributed by atoms with Crippen LogP contribution in [0.4, 0.5) is 0 Å². The predicted molar refractivity (Wildman–Crippen MR) is 72.2 cm³/mol. The zero-order chi connectivity index (χ0) is 11.6. The summed E-state index contributed by atoms with van der Waals surface area (Å²) < 4.78 is 0. The maximum atomic E-state index is 12.0. The van der Waals surface area contributed by atoms with Crippen LogP contribution in [-0.2, 0) is 4.79 Å². The van der Waals surface area contributed by atoms with Crippen molar-refractivity contribution in [3.63, 3.8) is 0 Å². The van der Waals surface area contributed by atoms with Gasteiger partial charge in [-0.1, -0.05) is 26.2 Å². The lowest BCUT2D eigenvalue weighted by Gasteiger charge is -2.33. The molecule has 2 rings (SSSR count). The molecular weight excluding hydrogens is 236 g/mol. The number of hydrogen-bond acceptors (Lipinski definition) is 2. The molecule has 1 amide bonds. The molecule has 0 bridgehead atoms. The summed E-state index contributed by atoms with van der Waals surface area (Å²) in [6.07, 6.45) is 7.97. The van der Waals surface area contributed by atoms with Crippen molar-refractivity contribution in [2.45, 2.75) is 45.4 Å². The van der Waals surface area contributed by atoms with Gasteiger partial charge in [-0.2, -0.15) is 0 Å². The molecule has 1 heterocycles. The SMILES string of the molecule is CC(CN)C(=O)N1CCC2(CCCCC2)C1.Cl. The topological polar surface area (TPSA) is 46.3 Å². The number of likely N-dealkylation sites (tertiary alicyclic amines) is 1. The second-order valence-electron chi connectivity index (χ2n) is 5.71. The maximum absolute atomic E-state index is 12.0. The zero-order valence-corrected chi connectivity index (χ0v) is 11.6. The van der Waals surface area contributed by atoms with Crippen LogP contribution in [0.3, 0.4) is 0 Å². The van der Waals surface area contributed by atoms with Crippen molar-refractivity contribution in [2.75, 3.05) is 19.6 Å². The Hall–Kier alpha value is -0.280. The van der Waals surface area contributed by atoms with E-state index < -0.39 is 0 Å². The minimum atomic E-state index is -0.00117. The van der Waals surface area contributed by atoms with Crippen molar-refractivity contribution in [2.24, 2.45) is 17.1 Å². The predicted octanol–water partition coefficient (Wildman–Crippen LogP) is 2.19. The number of hydrogen-bond donors (Lipinski definition) is 1. The van der Waals surface area contributed by atoms with E-state index in [2.05, 4.69) is 4.90 Å². The highest BCUT2D eigenvalue weighted by Gasteiger charge is 2.40. The van der Waals surface area contributed by atoms with Gasteiger partial charge in [-0.25, -0.2) is 0 Å². The third-order valence-corrected chi connectivity index (χ3v) is 4.44.